The second-order valence-corrected chi connectivity index (χ2v) is 6.03. The van der Waals surface area contributed by atoms with Crippen molar-refractivity contribution in [2.45, 2.75) is 20.5 Å². The molecule has 1 nitrogen and oxygen atoms in total. The molecule has 0 aliphatic carbocycles. The van der Waals surface area contributed by atoms with E-state index in [1.807, 2.05) is 23.5 Å². The van der Waals surface area contributed by atoms with Crippen LogP contribution in [-0.4, -0.2) is 0 Å². The number of fused-ring (bicyclic) bond motifs is 1. The fourth-order valence-corrected chi connectivity index (χ4v) is 3.20. The van der Waals surface area contributed by atoms with Gasteiger partial charge in [-0.1, -0.05) is 24.3 Å². The zero-order valence-corrected chi connectivity index (χ0v) is 12.0. The molecule has 0 amide bonds. The van der Waals surface area contributed by atoms with Crippen LogP contribution in [0.25, 0.3) is 10.1 Å². The zero-order valence-electron chi connectivity index (χ0n) is 11.1. The summed E-state index contributed by atoms with van der Waals surface area (Å²) in [5, 5.41) is 1.30. The van der Waals surface area contributed by atoms with E-state index in [4.69, 9.17) is 4.74 Å². The number of hydrogen-bond donors (Lipinski definition) is 0. The highest BCUT2D eigenvalue weighted by Gasteiger charge is 2.03. The van der Waals surface area contributed by atoms with Crippen LogP contribution in [0.4, 0.5) is 0 Å². The average Bonchev–Trinajstić information content (AvgIpc) is 2.78. The summed E-state index contributed by atoms with van der Waals surface area (Å²) >= 11 is 1.81. The van der Waals surface area contributed by atoms with Crippen molar-refractivity contribution in [3.63, 3.8) is 0 Å². The minimum atomic E-state index is 0.641. The Kier molecular flexibility index (Phi) is 3.26. The minimum absolute atomic E-state index is 0.641. The molecule has 2 heteroatoms. The molecule has 0 radical (unpaired) electrons. The van der Waals surface area contributed by atoms with Gasteiger partial charge in [0.1, 0.15) is 12.4 Å². The van der Waals surface area contributed by atoms with Gasteiger partial charge in [0.25, 0.3) is 0 Å². The maximum Gasteiger partial charge on any atom is 0.122 e. The Morgan fingerprint density at radius 3 is 2.63 bits per heavy atom. The van der Waals surface area contributed by atoms with Gasteiger partial charge < -0.3 is 4.74 Å². The van der Waals surface area contributed by atoms with Gasteiger partial charge in [-0.05, 0) is 54.6 Å². The van der Waals surface area contributed by atoms with Crippen LogP contribution in [0.1, 0.15) is 16.0 Å². The van der Waals surface area contributed by atoms with E-state index >= 15 is 0 Å². The largest absolute Gasteiger partial charge is 0.488 e. The van der Waals surface area contributed by atoms with Crippen molar-refractivity contribution in [1.29, 1.82) is 0 Å². The average molecular weight is 268 g/mol. The molecule has 3 rings (SSSR count). The summed E-state index contributed by atoms with van der Waals surface area (Å²) in [5.41, 5.74) is 2.53. The third kappa shape index (κ3) is 2.79. The summed E-state index contributed by atoms with van der Waals surface area (Å²) in [4.78, 5) is 1.27. The number of ether oxygens (including phenoxy) is 1. The van der Waals surface area contributed by atoms with Crippen LogP contribution in [0.15, 0.2) is 48.5 Å². The first-order valence-electron chi connectivity index (χ1n) is 6.39. The second kappa shape index (κ2) is 5.06. The highest BCUT2D eigenvalue weighted by molar-refractivity contribution is 7.19. The van der Waals surface area contributed by atoms with Crippen molar-refractivity contribution in [3.8, 4) is 5.75 Å². The molecule has 0 saturated carbocycles. The van der Waals surface area contributed by atoms with E-state index in [-0.39, 0.29) is 0 Å². The van der Waals surface area contributed by atoms with E-state index in [1.165, 1.54) is 26.1 Å². The van der Waals surface area contributed by atoms with E-state index in [2.05, 4.69) is 50.2 Å². The van der Waals surface area contributed by atoms with E-state index in [9.17, 15) is 0 Å². The molecule has 1 heterocycles. The summed E-state index contributed by atoms with van der Waals surface area (Å²) < 4.78 is 7.18. The Labute approximate surface area is 117 Å². The van der Waals surface area contributed by atoms with Crippen LogP contribution in [0.2, 0.25) is 0 Å². The predicted octanol–water partition coefficient (Wildman–Crippen LogP) is 5.10. The molecule has 0 atom stereocenters. The number of benzene rings is 2. The smallest absolute Gasteiger partial charge is 0.122 e. The first kappa shape index (κ1) is 12.2. The molecule has 0 aliphatic rings. The van der Waals surface area contributed by atoms with Gasteiger partial charge in [-0.15, -0.1) is 11.3 Å². The SMILES string of the molecule is Cc1cccc(OCc2cc3ccc(C)cc3s2)c1. The maximum absolute atomic E-state index is 5.84. The first-order valence-corrected chi connectivity index (χ1v) is 7.21. The zero-order chi connectivity index (χ0) is 13.2. The van der Waals surface area contributed by atoms with Crippen LogP contribution < -0.4 is 4.74 Å². The number of hydrogen-bond acceptors (Lipinski definition) is 2. The lowest BCUT2D eigenvalue weighted by atomic mass is 10.2. The van der Waals surface area contributed by atoms with Crippen LogP contribution in [0.5, 0.6) is 5.75 Å². The van der Waals surface area contributed by atoms with Crippen LogP contribution in [0.3, 0.4) is 0 Å². The first-order chi connectivity index (χ1) is 9.20. The number of thiophene rings is 1. The molecule has 0 spiro atoms. The summed E-state index contributed by atoms with van der Waals surface area (Å²) in [6.07, 6.45) is 0. The fraction of sp³-hybridized carbons (Fsp3) is 0.176. The summed E-state index contributed by atoms with van der Waals surface area (Å²) in [6.45, 7) is 4.85. The predicted molar refractivity (Wildman–Crippen MR) is 82.1 cm³/mol. The van der Waals surface area contributed by atoms with E-state index < -0.39 is 0 Å². The van der Waals surface area contributed by atoms with Gasteiger partial charge in [0.15, 0.2) is 0 Å². The lowest BCUT2D eigenvalue weighted by Crippen LogP contribution is -1.92. The van der Waals surface area contributed by atoms with Gasteiger partial charge in [0, 0.05) is 9.58 Å². The number of aryl methyl sites for hydroxylation is 2. The van der Waals surface area contributed by atoms with Gasteiger partial charge in [-0.2, -0.15) is 0 Å². The van der Waals surface area contributed by atoms with E-state index in [1.54, 1.807) is 0 Å². The fourth-order valence-electron chi connectivity index (χ4n) is 2.12. The Bertz CT molecular complexity index is 712. The summed E-state index contributed by atoms with van der Waals surface area (Å²) in [5.74, 6) is 0.939. The lowest BCUT2D eigenvalue weighted by molar-refractivity contribution is 0.309. The highest BCUT2D eigenvalue weighted by atomic mass is 32.1. The Morgan fingerprint density at radius 2 is 1.79 bits per heavy atom. The topological polar surface area (TPSA) is 9.23 Å². The summed E-state index contributed by atoms with van der Waals surface area (Å²) in [7, 11) is 0. The Hall–Kier alpha value is -1.80. The van der Waals surface area contributed by atoms with E-state index in [0.29, 0.717) is 6.61 Å². The molecule has 96 valence electrons. The normalized spacial score (nSPS) is 10.8. The third-order valence-electron chi connectivity index (χ3n) is 3.10. The van der Waals surface area contributed by atoms with Gasteiger partial charge in [0.2, 0.25) is 0 Å². The van der Waals surface area contributed by atoms with Crippen LogP contribution >= 0.6 is 11.3 Å². The van der Waals surface area contributed by atoms with Crippen molar-refractivity contribution in [2.75, 3.05) is 0 Å². The second-order valence-electron chi connectivity index (χ2n) is 4.86. The molecule has 0 bridgehead atoms. The molecule has 1 aromatic heterocycles. The molecule has 0 aliphatic heterocycles. The van der Waals surface area contributed by atoms with E-state index in [0.717, 1.165) is 5.75 Å². The summed E-state index contributed by atoms with van der Waals surface area (Å²) in [6, 6.07) is 17.0. The molecular formula is C17H16OS. The quantitative estimate of drug-likeness (QED) is 0.642. The van der Waals surface area contributed by atoms with Gasteiger partial charge in [-0.3, -0.25) is 0 Å². The minimum Gasteiger partial charge on any atom is -0.488 e. The molecule has 0 fully saturated rings. The van der Waals surface area contributed by atoms with Gasteiger partial charge in [0.05, 0.1) is 0 Å². The Balaban J connectivity index is 1.78. The van der Waals surface area contributed by atoms with Crippen molar-refractivity contribution in [2.24, 2.45) is 0 Å². The monoisotopic (exact) mass is 268 g/mol. The highest BCUT2D eigenvalue weighted by Crippen LogP contribution is 2.27. The van der Waals surface area contributed by atoms with Crippen molar-refractivity contribution in [1.82, 2.24) is 0 Å². The molecular weight excluding hydrogens is 252 g/mol. The number of rotatable bonds is 3. The van der Waals surface area contributed by atoms with Crippen molar-refractivity contribution < 1.29 is 4.74 Å². The molecule has 0 unspecified atom stereocenters. The molecule has 2 aromatic carbocycles. The van der Waals surface area contributed by atoms with Crippen molar-refractivity contribution in [3.05, 3.63) is 64.5 Å². The van der Waals surface area contributed by atoms with Crippen LogP contribution in [0, 0.1) is 13.8 Å². The molecule has 3 aromatic rings. The van der Waals surface area contributed by atoms with Crippen molar-refractivity contribution >= 4 is 21.4 Å². The molecule has 0 N–H and O–H groups in total. The Morgan fingerprint density at radius 1 is 0.947 bits per heavy atom. The van der Waals surface area contributed by atoms with Gasteiger partial charge >= 0.3 is 0 Å². The van der Waals surface area contributed by atoms with Gasteiger partial charge in [-0.25, -0.2) is 0 Å². The molecule has 0 saturated heterocycles. The lowest BCUT2D eigenvalue weighted by Gasteiger charge is -2.04. The third-order valence-corrected chi connectivity index (χ3v) is 4.17. The maximum atomic E-state index is 5.84. The standard InChI is InChI=1S/C17H16OS/c1-12-4-3-5-15(8-12)18-11-16-10-14-7-6-13(2)9-17(14)19-16/h3-10H,11H2,1-2H3. The molecule has 19 heavy (non-hydrogen) atoms. The van der Waals surface area contributed by atoms with Crippen LogP contribution in [-0.2, 0) is 6.61 Å².